The van der Waals surface area contributed by atoms with Crippen LogP contribution in [0.5, 0.6) is 0 Å². The van der Waals surface area contributed by atoms with Crippen LogP contribution < -0.4 is 0 Å². The van der Waals surface area contributed by atoms with Crippen LogP contribution in [0.4, 0.5) is 0 Å². The van der Waals surface area contributed by atoms with Crippen molar-refractivity contribution in [3.8, 4) is 0 Å². The van der Waals surface area contributed by atoms with Gasteiger partial charge >= 0.3 is 0 Å². The number of nitrogens with one attached hydrogen (secondary N) is 1. The molecule has 0 saturated heterocycles. The summed E-state index contributed by atoms with van der Waals surface area (Å²) in [6.07, 6.45) is 5.42. The lowest BCUT2D eigenvalue weighted by Gasteiger charge is -1.97. The van der Waals surface area contributed by atoms with Crippen molar-refractivity contribution in [2.24, 2.45) is 0 Å². The van der Waals surface area contributed by atoms with Crippen LogP contribution in [0.25, 0.3) is 60.1 Å². The molecule has 4 nitrogen and oxygen atoms in total. The van der Waals surface area contributed by atoms with E-state index in [4.69, 9.17) is 8.83 Å². The molecule has 0 bridgehead atoms. The fourth-order valence-corrected chi connectivity index (χ4v) is 4.38. The van der Waals surface area contributed by atoms with Crippen LogP contribution >= 0.6 is 0 Å². The Morgan fingerprint density at radius 3 is 2.75 bits per heavy atom. The summed E-state index contributed by atoms with van der Waals surface area (Å²) in [4.78, 5) is 3.56. The Bertz CT molecular complexity index is 1550. The van der Waals surface area contributed by atoms with Gasteiger partial charge in [0.05, 0.1) is 22.8 Å². The third-order valence-electron chi connectivity index (χ3n) is 5.29. The monoisotopic (exact) mass is 310 g/mol. The van der Waals surface area contributed by atoms with E-state index in [9.17, 15) is 0 Å². The molecule has 0 spiro atoms. The van der Waals surface area contributed by atoms with Crippen molar-refractivity contribution in [3.63, 3.8) is 0 Å². The number of nitrogens with zero attached hydrogens (tertiary/aromatic N) is 1. The van der Waals surface area contributed by atoms with Gasteiger partial charge in [-0.3, -0.25) is 0 Å². The Kier molecular flexibility index (Phi) is 1.59. The van der Waals surface area contributed by atoms with Crippen molar-refractivity contribution in [1.82, 2.24) is 9.38 Å². The highest BCUT2D eigenvalue weighted by Crippen LogP contribution is 2.43. The standard InChI is InChI=1S/C20H10N2O2/c1-2-10-12-8-23-9-16(12)22-15-6-7-24-20(15)11-4-5-14-18(19(11)22)17(10)13(3-1)21-14/h1-9,21H. The number of hydrogen-bond acceptors (Lipinski definition) is 2. The van der Waals surface area contributed by atoms with Crippen LogP contribution in [0.15, 0.2) is 64.0 Å². The maximum atomic E-state index is 5.80. The summed E-state index contributed by atoms with van der Waals surface area (Å²) in [7, 11) is 0. The number of furan rings is 2. The van der Waals surface area contributed by atoms with E-state index in [1.54, 1.807) is 6.26 Å². The van der Waals surface area contributed by atoms with Crippen molar-refractivity contribution in [2.45, 2.75) is 0 Å². The first-order valence-electron chi connectivity index (χ1n) is 7.94. The molecule has 112 valence electrons. The minimum atomic E-state index is 0.924. The van der Waals surface area contributed by atoms with E-state index in [0.29, 0.717) is 0 Å². The van der Waals surface area contributed by atoms with E-state index < -0.39 is 0 Å². The second-order valence-corrected chi connectivity index (χ2v) is 6.38. The number of benzene rings is 2. The van der Waals surface area contributed by atoms with Crippen molar-refractivity contribution in [1.29, 1.82) is 0 Å². The molecule has 7 aromatic rings. The third-order valence-corrected chi connectivity index (χ3v) is 5.29. The van der Waals surface area contributed by atoms with E-state index in [0.717, 1.165) is 38.4 Å². The Morgan fingerprint density at radius 2 is 1.75 bits per heavy atom. The molecule has 0 atom stereocenters. The largest absolute Gasteiger partial charge is 0.470 e. The summed E-state index contributed by atoms with van der Waals surface area (Å²) in [5.41, 5.74) is 6.53. The number of fused-ring (bicyclic) bond motifs is 6. The van der Waals surface area contributed by atoms with Gasteiger partial charge in [-0.05, 0) is 23.6 Å². The number of aromatic nitrogens is 2. The van der Waals surface area contributed by atoms with E-state index >= 15 is 0 Å². The normalized spacial score (nSPS) is 13.0. The molecule has 0 aliphatic carbocycles. The number of aromatic amines is 1. The second kappa shape index (κ2) is 3.41. The third kappa shape index (κ3) is 1.01. The van der Waals surface area contributed by atoms with E-state index in [1.807, 2.05) is 18.6 Å². The van der Waals surface area contributed by atoms with Crippen LogP contribution in [-0.2, 0) is 0 Å². The Labute approximate surface area is 134 Å². The van der Waals surface area contributed by atoms with E-state index in [2.05, 4.69) is 39.7 Å². The molecule has 0 unspecified atom stereocenters. The Morgan fingerprint density at radius 1 is 0.792 bits per heavy atom. The van der Waals surface area contributed by atoms with Gasteiger partial charge in [-0.1, -0.05) is 12.1 Å². The molecule has 1 N–H and O–H groups in total. The van der Waals surface area contributed by atoms with Crippen LogP contribution in [0.3, 0.4) is 0 Å². The number of rotatable bonds is 0. The molecule has 0 aliphatic heterocycles. The summed E-state index contributed by atoms with van der Waals surface area (Å²) in [6.45, 7) is 0. The first-order chi connectivity index (χ1) is 11.9. The lowest BCUT2D eigenvalue weighted by atomic mass is 10.1. The fourth-order valence-electron chi connectivity index (χ4n) is 4.38. The lowest BCUT2D eigenvalue weighted by Crippen LogP contribution is -1.81. The Hall–Kier alpha value is -3.40. The van der Waals surface area contributed by atoms with Gasteiger partial charge in [0.25, 0.3) is 0 Å². The molecule has 2 aromatic carbocycles. The second-order valence-electron chi connectivity index (χ2n) is 6.38. The van der Waals surface area contributed by atoms with Crippen molar-refractivity contribution in [3.05, 3.63) is 55.2 Å². The molecule has 24 heavy (non-hydrogen) atoms. The quantitative estimate of drug-likeness (QED) is 0.393. The van der Waals surface area contributed by atoms with Crippen LogP contribution in [0.1, 0.15) is 0 Å². The van der Waals surface area contributed by atoms with Gasteiger partial charge in [-0.25, -0.2) is 0 Å². The molecule has 0 radical (unpaired) electrons. The molecule has 5 heterocycles. The van der Waals surface area contributed by atoms with Gasteiger partial charge in [0.2, 0.25) is 0 Å². The summed E-state index contributed by atoms with van der Waals surface area (Å²) in [5.74, 6) is 0. The summed E-state index contributed by atoms with van der Waals surface area (Å²) >= 11 is 0. The maximum absolute atomic E-state index is 5.80. The molecule has 0 saturated carbocycles. The average Bonchev–Trinajstić information content (AvgIpc) is 3.33. The van der Waals surface area contributed by atoms with Crippen molar-refractivity contribution in [2.75, 3.05) is 0 Å². The first-order valence-corrected chi connectivity index (χ1v) is 7.94. The first kappa shape index (κ1) is 11.2. The zero-order chi connectivity index (χ0) is 15.4. The minimum Gasteiger partial charge on any atom is -0.470 e. The highest BCUT2D eigenvalue weighted by Gasteiger charge is 2.21. The fraction of sp³-hybridized carbons (Fsp3) is 0. The van der Waals surface area contributed by atoms with Gasteiger partial charge in [0, 0.05) is 38.6 Å². The number of hydrogen-bond donors (Lipinski definition) is 1. The molecule has 0 aliphatic rings. The van der Waals surface area contributed by atoms with Gasteiger partial charge in [-0.15, -0.1) is 0 Å². The summed E-state index contributed by atoms with van der Waals surface area (Å²) in [5, 5.41) is 5.95. The molecular formula is C20H10N2O2. The minimum absolute atomic E-state index is 0.924. The lowest BCUT2D eigenvalue weighted by molar-refractivity contribution is 0.571. The van der Waals surface area contributed by atoms with Crippen LogP contribution in [-0.4, -0.2) is 9.38 Å². The summed E-state index contributed by atoms with van der Waals surface area (Å²) in [6, 6.07) is 12.7. The topological polar surface area (TPSA) is 46.5 Å². The zero-order valence-corrected chi connectivity index (χ0v) is 12.5. The van der Waals surface area contributed by atoms with Crippen molar-refractivity contribution >= 4 is 60.1 Å². The Balaban J connectivity index is 2.11. The molecule has 0 fully saturated rings. The molecule has 0 amide bonds. The van der Waals surface area contributed by atoms with Gasteiger partial charge in [-0.2, -0.15) is 0 Å². The SMILES string of the molecule is c1cc2[nH]c3ccc4c5occc5n5c6cocc6c(c1)c2c3c45. The van der Waals surface area contributed by atoms with Crippen LogP contribution in [0, 0.1) is 0 Å². The smallest absolute Gasteiger partial charge is 0.159 e. The highest BCUT2D eigenvalue weighted by atomic mass is 16.3. The zero-order valence-electron chi connectivity index (χ0n) is 12.5. The van der Waals surface area contributed by atoms with Crippen molar-refractivity contribution < 1.29 is 8.83 Å². The average molecular weight is 310 g/mol. The van der Waals surface area contributed by atoms with Gasteiger partial charge in [0.1, 0.15) is 12.5 Å². The van der Waals surface area contributed by atoms with Gasteiger partial charge < -0.3 is 18.2 Å². The maximum Gasteiger partial charge on any atom is 0.159 e. The molecule has 4 heteroatoms. The number of H-pyrrole nitrogens is 1. The van der Waals surface area contributed by atoms with E-state index in [-0.39, 0.29) is 0 Å². The van der Waals surface area contributed by atoms with E-state index in [1.165, 1.54) is 21.7 Å². The summed E-state index contributed by atoms with van der Waals surface area (Å²) < 4.78 is 13.7. The predicted octanol–water partition coefficient (Wildman–Crippen LogP) is 5.66. The predicted molar refractivity (Wildman–Crippen MR) is 95.0 cm³/mol. The molecule has 7 rings (SSSR count). The van der Waals surface area contributed by atoms with Crippen LogP contribution in [0.2, 0.25) is 0 Å². The molecule has 5 aromatic heterocycles. The molecular weight excluding hydrogens is 300 g/mol. The van der Waals surface area contributed by atoms with Gasteiger partial charge in [0.15, 0.2) is 5.58 Å². The highest BCUT2D eigenvalue weighted by molar-refractivity contribution is 6.31.